The van der Waals surface area contributed by atoms with E-state index in [9.17, 15) is 14.0 Å². The molecule has 0 spiro atoms. The minimum Gasteiger partial charge on any atom is -0.399 e. The molecule has 0 saturated heterocycles. The van der Waals surface area contributed by atoms with Crippen LogP contribution in [0.1, 0.15) is 23.6 Å². The van der Waals surface area contributed by atoms with Crippen LogP contribution >= 0.6 is 11.8 Å². The first-order valence-corrected chi connectivity index (χ1v) is 13.0. The molecule has 6 nitrogen and oxygen atoms in total. The highest BCUT2D eigenvalue weighted by Crippen LogP contribution is 2.23. The number of carbonyl (C=O) groups excluding carboxylic acids is 1. The first-order valence-electron chi connectivity index (χ1n) is 12.0. The van der Waals surface area contributed by atoms with Crippen molar-refractivity contribution >= 4 is 23.4 Å². The number of hydrogen-bond donors (Lipinski definition) is 1. The van der Waals surface area contributed by atoms with Crippen LogP contribution in [0.25, 0.3) is 11.1 Å². The lowest BCUT2D eigenvalue weighted by atomic mass is 10.0. The first-order chi connectivity index (χ1) is 17.8. The Balaban J connectivity index is 1.44. The highest BCUT2D eigenvalue weighted by Gasteiger charge is 2.15. The van der Waals surface area contributed by atoms with E-state index >= 15 is 0 Å². The van der Waals surface area contributed by atoms with Crippen LogP contribution in [-0.2, 0) is 30.1 Å². The summed E-state index contributed by atoms with van der Waals surface area (Å²) in [6, 6.07) is 22.0. The maximum absolute atomic E-state index is 13.2. The molecule has 0 bridgehead atoms. The van der Waals surface area contributed by atoms with Gasteiger partial charge in [0.25, 0.3) is 5.56 Å². The van der Waals surface area contributed by atoms with E-state index in [4.69, 9.17) is 5.73 Å². The van der Waals surface area contributed by atoms with Crippen molar-refractivity contribution < 1.29 is 9.18 Å². The Kier molecular flexibility index (Phi) is 8.40. The summed E-state index contributed by atoms with van der Waals surface area (Å²) in [5, 5.41) is 0.459. The number of nitrogens with two attached hydrogens (primary N) is 1. The van der Waals surface area contributed by atoms with Crippen LogP contribution in [0.15, 0.2) is 88.9 Å². The van der Waals surface area contributed by atoms with Crippen molar-refractivity contribution in [3.8, 4) is 11.1 Å². The van der Waals surface area contributed by atoms with Gasteiger partial charge in [0.1, 0.15) is 12.4 Å². The van der Waals surface area contributed by atoms with Gasteiger partial charge in [-0.3, -0.25) is 9.59 Å². The van der Waals surface area contributed by atoms with E-state index in [1.807, 2.05) is 55.5 Å². The Morgan fingerprint density at radius 3 is 2.19 bits per heavy atom. The number of amides is 1. The number of nitrogens with zero attached hydrogens (tertiary/aromatic N) is 3. The van der Waals surface area contributed by atoms with Crippen molar-refractivity contribution in [2.45, 2.75) is 37.3 Å². The average molecular weight is 517 g/mol. The summed E-state index contributed by atoms with van der Waals surface area (Å²) >= 11 is 1.35. The molecular weight excluding hydrogens is 487 g/mol. The van der Waals surface area contributed by atoms with Crippen LogP contribution in [0.3, 0.4) is 0 Å². The number of likely N-dealkylation sites (N-methyl/N-ethyl adjacent to an activating group) is 1. The van der Waals surface area contributed by atoms with Crippen molar-refractivity contribution in [1.82, 2.24) is 14.5 Å². The van der Waals surface area contributed by atoms with Crippen molar-refractivity contribution in [2.75, 3.05) is 12.8 Å². The van der Waals surface area contributed by atoms with Crippen LogP contribution < -0.4 is 11.3 Å². The number of hydrogen-bond acceptors (Lipinski definition) is 5. The third-order valence-corrected chi connectivity index (χ3v) is 7.10. The fourth-order valence-corrected chi connectivity index (χ4v) is 4.75. The van der Waals surface area contributed by atoms with Gasteiger partial charge in [-0.15, -0.1) is 0 Å². The van der Waals surface area contributed by atoms with Crippen molar-refractivity contribution in [2.24, 2.45) is 0 Å². The molecule has 4 rings (SSSR count). The molecule has 0 aliphatic rings. The zero-order valence-electron chi connectivity index (χ0n) is 20.9. The van der Waals surface area contributed by atoms with Gasteiger partial charge < -0.3 is 15.2 Å². The molecule has 1 amide bonds. The smallest absolute Gasteiger partial charge is 0.276 e. The second-order valence-corrected chi connectivity index (χ2v) is 9.76. The van der Waals surface area contributed by atoms with E-state index in [0.717, 1.165) is 27.9 Å². The topological polar surface area (TPSA) is 81.2 Å². The molecule has 0 unspecified atom stereocenters. The highest BCUT2D eigenvalue weighted by atomic mass is 32.2. The van der Waals surface area contributed by atoms with Crippen LogP contribution in [-0.4, -0.2) is 27.4 Å². The Hall–Kier alpha value is -3.91. The number of benzene rings is 3. The molecule has 4 aromatic rings. The molecule has 1 aromatic heterocycles. The number of aryl methyl sites for hydroxylation is 1. The summed E-state index contributed by atoms with van der Waals surface area (Å²) in [5.74, 6) is 0.103. The van der Waals surface area contributed by atoms with Crippen molar-refractivity contribution in [3.63, 3.8) is 0 Å². The normalized spacial score (nSPS) is 10.9. The maximum atomic E-state index is 13.2. The SMILES string of the molecule is CCc1cn(CC(=O)N(C)Cc2ccc(-c3ccc(N)cc3)cc2)c(SCc2ccc(F)cc2)nc1=O. The maximum Gasteiger partial charge on any atom is 0.276 e. The van der Waals surface area contributed by atoms with E-state index in [1.54, 1.807) is 34.8 Å². The Bertz CT molecular complexity index is 1420. The Morgan fingerprint density at radius 2 is 1.57 bits per heavy atom. The molecule has 37 heavy (non-hydrogen) atoms. The van der Waals surface area contributed by atoms with Gasteiger partial charge in [-0.25, -0.2) is 4.39 Å². The predicted octanol–water partition coefficient (Wildman–Crippen LogP) is 5.14. The molecule has 2 N–H and O–H groups in total. The number of anilines is 1. The van der Waals surface area contributed by atoms with Gasteiger partial charge in [0.15, 0.2) is 5.16 Å². The molecule has 1 heterocycles. The van der Waals surface area contributed by atoms with E-state index in [-0.39, 0.29) is 23.8 Å². The van der Waals surface area contributed by atoms with Crippen molar-refractivity contribution in [3.05, 3.63) is 112 Å². The van der Waals surface area contributed by atoms with E-state index in [1.165, 1.54) is 23.9 Å². The molecule has 0 aliphatic carbocycles. The van der Waals surface area contributed by atoms with Gasteiger partial charge >= 0.3 is 0 Å². The van der Waals surface area contributed by atoms with E-state index in [0.29, 0.717) is 29.4 Å². The molecule has 0 aliphatic heterocycles. The number of aromatic nitrogens is 2. The summed E-state index contributed by atoms with van der Waals surface area (Å²) in [4.78, 5) is 31.4. The minimum atomic E-state index is -0.301. The number of carbonyl (C=O) groups is 1. The predicted molar refractivity (Wildman–Crippen MR) is 147 cm³/mol. The second-order valence-electron chi connectivity index (χ2n) is 8.82. The largest absolute Gasteiger partial charge is 0.399 e. The monoisotopic (exact) mass is 516 g/mol. The fraction of sp³-hybridized carbons (Fsp3) is 0.207. The van der Waals surface area contributed by atoms with E-state index in [2.05, 4.69) is 4.98 Å². The Labute approximate surface area is 220 Å². The zero-order chi connectivity index (χ0) is 26.4. The van der Waals surface area contributed by atoms with Gasteiger partial charge in [-0.2, -0.15) is 4.98 Å². The molecule has 3 aromatic carbocycles. The summed E-state index contributed by atoms with van der Waals surface area (Å²) in [7, 11) is 1.76. The summed E-state index contributed by atoms with van der Waals surface area (Å²) in [6.07, 6.45) is 2.24. The second kappa shape index (κ2) is 11.9. The van der Waals surface area contributed by atoms with Crippen LogP contribution in [0, 0.1) is 5.82 Å². The molecular formula is C29H29FN4O2S. The standard InChI is InChI=1S/C29H29FN4O2S/c1-3-22-17-34(29(32-28(22)36)37-19-21-6-12-25(30)13-7-21)18-27(35)33(2)16-20-4-8-23(9-5-20)24-10-14-26(31)15-11-24/h4-15,17H,3,16,18-19,31H2,1-2H3. The number of nitrogen functional groups attached to an aromatic ring is 1. The third kappa shape index (κ3) is 6.86. The summed E-state index contributed by atoms with van der Waals surface area (Å²) < 4.78 is 15.0. The minimum absolute atomic E-state index is 0.0616. The lowest BCUT2D eigenvalue weighted by molar-refractivity contribution is -0.131. The van der Waals surface area contributed by atoms with Crippen LogP contribution in [0.4, 0.5) is 10.1 Å². The summed E-state index contributed by atoms with van der Waals surface area (Å²) in [5.41, 5.74) is 10.8. The molecule has 0 fully saturated rings. The number of halogens is 1. The van der Waals surface area contributed by atoms with Gasteiger partial charge in [0.2, 0.25) is 5.91 Å². The molecule has 0 saturated carbocycles. The fourth-order valence-electron chi connectivity index (χ4n) is 3.83. The molecule has 0 atom stereocenters. The van der Waals surface area contributed by atoms with Gasteiger partial charge in [0.05, 0.1) is 0 Å². The van der Waals surface area contributed by atoms with Gasteiger partial charge in [-0.1, -0.05) is 67.2 Å². The number of rotatable bonds is 9. The highest BCUT2D eigenvalue weighted by molar-refractivity contribution is 7.98. The lowest BCUT2D eigenvalue weighted by Crippen LogP contribution is -2.31. The molecule has 8 heteroatoms. The van der Waals surface area contributed by atoms with Crippen molar-refractivity contribution in [1.29, 1.82) is 0 Å². The van der Waals surface area contributed by atoms with Crippen LogP contribution in [0.2, 0.25) is 0 Å². The molecule has 190 valence electrons. The zero-order valence-corrected chi connectivity index (χ0v) is 21.7. The average Bonchev–Trinajstić information content (AvgIpc) is 2.90. The first kappa shape index (κ1) is 26.2. The van der Waals surface area contributed by atoms with E-state index < -0.39 is 0 Å². The third-order valence-electron chi connectivity index (χ3n) is 6.04. The Morgan fingerprint density at radius 1 is 0.973 bits per heavy atom. The van der Waals surface area contributed by atoms with Crippen LogP contribution in [0.5, 0.6) is 0 Å². The molecule has 0 radical (unpaired) electrons. The lowest BCUT2D eigenvalue weighted by Gasteiger charge is -2.20. The summed E-state index contributed by atoms with van der Waals surface area (Å²) in [6.45, 7) is 2.40. The van der Waals surface area contributed by atoms with Gasteiger partial charge in [-0.05, 0) is 52.9 Å². The van der Waals surface area contributed by atoms with Gasteiger partial charge in [0, 0.05) is 36.8 Å². The quantitative estimate of drug-likeness (QED) is 0.189. The number of thioether (sulfide) groups is 1.